The Morgan fingerprint density at radius 2 is 2.00 bits per heavy atom. The van der Waals surface area contributed by atoms with Crippen LogP contribution in [-0.4, -0.2) is 46.1 Å². The third-order valence-electron chi connectivity index (χ3n) is 2.97. The average molecular weight is 330 g/mol. The summed E-state index contributed by atoms with van der Waals surface area (Å²) in [7, 11) is -1.23. The Labute approximate surface area is 128 Å². The quantitative estimate of drug-likeness (QED) is 0.649. The molecule has 0 radical (unpaired) electrons. The predicted octanol–water partition coefficient (Wildman–Crippen LogP) is 0.0538. The topological polar surface area (TPSA) is 122 Å². The first-order chi connectivity index (χ1) is 10.2. The number of carbonyl (C=O) groups is 2. The molecule has 9 heteroatoms. The first-order valence-corrected chi connectivity index (χ1v) is 7.83. The third-order valence-corrected chi connectivity index (χ3v) is 4.41. The summed E-state index contributed by atoms with van der Waals surface area (Å²) in [4.78, 5) is 22.5. The summed E-state index contributed by atoms with van der Waals surface area (Å²) in [6, 6.07) is 3.93. The zero-order chi connectivity index (χ0) is 16.9. The van der Waals surface area contributed by atoms with E-state index in [4.69, 9.17) is 9.84 Å². The highest BCUT2D eigenvalue weighted by molar-refractivity contribution is 7.89. The van der Waals surface area contributed by atoms with E-state index in [1.807, 2.05) is 0 Å². The molecule has 0 bridgehead atoms. The Hall–Kier alpha value is -2.13. The number of ether oxygens (including phenoxy) is 1. The van der Waals surface area contributed by atoms with Crippen LogP contribution >= 0.6 is 0 Å². The first kappa shape index (κ1) is 17.9. The van der Waals surface area contributed by atoms with Crippen molar-refractivity contribution in [3.05, 3.63) is 23.8 Å². The van der Waals surface area contributed by atoms with Gasteiger partial charge in [-0.15, -0.1) is 0 Å². The van der Waals surface area contributed by atoms with E-state index in [9.17, 15) is 18.0 Å². The molecule has 1 aromatic rings. The number of hydrogen-bond donors (Lipinski definition) is 3. The van der Waals surface area contributed by atoms with Crippen LogP contribution in [0.2, 0.25) is 0 Å². The Kier molecular flexibility index (Phi) is 5.89. The highest BCUT2D eigenvalue weighted by Crippen LogP contribution is 2.24. The van der Waals surface area contributed by atoms with Gasteiger partial charge in [-0.25, -0.2) is 13.1 Å². The van der Waals surface area contributed by atoms with Crippen LogP contribution < -0.4 is 14.8 Å². The Morgan fingerprint density at radius 1 is 1.36 bits per heavy atom. The highest BCUT2D eigenvalue weighted by Gasteiger charge is 2.20. The normalized spacial score (nSPS) is 12.5. The number of amides is 1. The van der Waals surface area contributed by atoms with Gasteiger partial charge < -0.3 is 15.2 Å². The summed E-state index contributed by atoms with van der Waals surface area (Å²) in [6.45, 7) is 1.39. The molecule has 0 saturated heterocycles. The Bertz CT molecular complexity index is 671. The summed E-state index contributed by atoms with van der Waals surface area (Å²) in [5.74, 6) is -2.25. The van der Waals surface area contributed by atoms with E-state index in [0.717, 1.165) is 0 Å². The Balaban J connectivity index is 3.04. The monoisotopic (exact) mass is 330 g/mol. The largest absolute Gasteiger partial charge is 0.495 e. The molecular weight excluding hydrogens is 312 g/mol. The van der Waals surface area contributed by atoms with Crippen molar-refractivity contribution in [3.8, 4) is 5.75 Å². The average Bonchev–Trinajstić information content (AvgIpc) is 2.51. The molecule has 0 aliphatic heterocycles. The second-order valence-corrected chi connectivity index (χ2v) is 6.38. The fourth-order valence-electron chi connectivity index (χ4n) is 1.57. The maximum Gasteiger partial charge on any atom is 0.308 e. The predicted molar refractivity (Wildman–Crippen MR) is 78.4 cm³/mol. The molecule has 0 fully saturated rings. The van der Waals surface area contributed by atoms with Gasteiger partial charge in [0.1, 0.15) is 10.6 Å². The molecule has 1 unspecified atom stereocenters. The van der Waals surface area contributed by atoms with Crippen LogP contribution in [0.25, 0.3) is 0 Å². The lowest BCUT2D eigenvalue weighted by Gasteiger charge is -2.12. The number of methoxy groups -OCH3 is 1. The fourth-order valence-corrected chi connectivity index (χ4v) is 2.49. The van der Waals surface area contributed by atoms with Gasteiger partial charge in [-0.1, -0.05) is 6.92 Å². The fraction of sp³-hybridized carbons (Fsp3) is 0.385. The zero-order valence-electron chi connectivity index (χ0n) is 12.4. The van der Waals surface area contributed by atoms with Gasteiger partial charge in [-0.05, 0) is 25.2 Å². The van der Waals surface area contributed by atoms with Gasteiger partial charge in [0, 0.05) is 12.1 Å². The summed E-state index contributed by atoms with van der Waals surface area (Å²) in [5, 5.41) is 11.2. The number of aliphatic carboxylic acids is 1. The van der Waals surface area contributed by atoms with Gasteiger partial charge in [0.15, 0.2) is 0 Å². The van der Waals surface area contributed by atoms with Crippen LogP contribution in [0.1, 0.15) is 17.3 Å². The minimum Gasteiger partial charge on any atom is -0.495 e. The van der Waals surface area contributed by atoms with E-state index >= 15 is 0 Å². The number of carbonyl (C=O) groups excluding carboxylic acids is 1. The maximum atomic E-state index is 12.0. The van der Waals surface area contributed by atoms with Gasteiger partial charge in [0.05, 0.1) is 13.0 Å². The molecule has 0 saturated carbocycles. The van der Waals surface area contributed by atoms with Crippen LogP contribution in [0.4, 0.5) is 0 Å². The van der Waals surface area contributed by atoms with Gasteiger partial charge in [-0.2, -0.15) is 0 Å². The van der Waals surface area contributed by atoms with Gasteiger partial charge in [0.25, 0.3) is 5.91 Å². The summed E-state index contributed by atoms with van der Waals surface area (Å²) < 4.78 is 30.9. The number of benzene rings is 1. The van der Waals surface area contributed by atoms with Crippen molar-refractivity contribution in [2.45, 2.75) is 11.8 Å². The van der Waals surface area contributed by atoms with Crippen LogP contribution in [0.5, 0.6) is 5.75 Å². The molecule has 122 valence electrons. The smallest absolute Gasteiger partial charge is 0.308 e. The molecular formula is C13H18N2O6S. The minimum absolute atomic E-state index is 0.0612. The van der Waals surface area contributed by atoms with Crippen molar-refractivity contribution in [2.24, 2.45) is 5.92 Å². The van der Waals surface area contributed by atoms with Crippen molar-refractivity contribution in [2.75, 3.05) is 20.7 Å². The second kappa shape index (κ2) is 7.23. The lowest BCUT2D eigenvalue weighted by Crippen LogP contribution is -2.31. The van der Waals surface area contributed by atoms with Crippen LogP contribution in [0.3, 0.4) is 0 Å². The van der Waals surface area contributed by atoms with E-state index < -0.39 is 27.8 Å². The molecule has 1 atom stereocenters. The minimum atomic E-state index is -3.79. The molecule has 3 N–H and O–H groups in total. The van der Waals surface area contributed by atoms with Crippen LogP contribution in [0, 0.1) is 5.92 Å². The molecule has 8 nitrogen and oxygen atoms in total. The summed E-state index contributed by atoms with van der Waals surface area (Å²) >= 11 is 0. The Morgan fingerprint density at radius 3 is 2.50 bits per heavy atom. The van der Waals surface area contributed by atoms with Gasteiger partial charge in [0.2, 0.25) is 10.0 Å². The van der Waals surface area contributed by atoms with Crippen molar-refractivity contribution in [1.82, 2.24) is 10.0 Å². The second-order valence-electron chi connectivity index (χ2n) is 4.52. The van der Waals surface area contributed by atoms with E-state index in [2.05, 4.69) is 10.0 Å². The first-order valence-electron chi connectivity index (χ1n) is 6.35. The lowest BCUT2D eigenvalue weighted by molar-refractivity contribution is -0.140. The molecule has 1 rings (SSSR count). The number of nitrogens with one attached hydrogen (secondary N) is 2. The zero-order valence-corrected chi connectivity index (χ0v) is 13.2. The molecule has 1 aromatic carbocycles. The van der Waals surface area contributed by atoms with E-state index in [0.29, 0.717) is 0 Å². The summed E-state index contributed by atoms with van der Waals surface area (Å²) in [5.41, 5.74) is 0.0900. The van der Waals surface area contributed by atoms with Crippen molar-refractivity contribution < 1.29 is 27.9 Å². The van der Waals surface area contributed by atoms with Crippen molar-refractivity contribution in [3.63, 3.8) is 0 Å². The molecule has 0 heterocycles. The number of sulfonamides is 1. The molecule has 0 aliphatic carbocycles. The number of hydrogen-bond acceptors (Lipinski definition) is 5. The molecule has 1 amide bonds. The SMILES string of the molecule is CNS(=O)(=O)c1cc(C(=O)NCC(C)C(=O)O)ccc1OC. The molecule has 22 heavy (non-hydrogen) atoms. The standard InChI is InChI=1S/C13H18N2O6S/c1-8(13(17)18)7-15-12(16)9-4-5-10(21-3)11(6-9)22(19,20)14-2/h4-6,8,14H,7H2,1-3H3,(H,15,16)(H,17,18). The molecule has 0 spiro atoms. The van der Waals surface area contributed by atoms with E-state index in [1.54, 1.807) is 0 Å². The maximum absolute atomic E-state index is 12.0. The highest BCUT2D eigenvalue weighted by atomic mass is 32.2. The number of carboxylic acid groups (broad SMARTS) is 1. The third kappa shape index (κ3) is 4.18. The van der Waals surface area contributed by atoms with E-state index in [-0.39, 0.29) is 22.8 Å². The summed E-state index contributed by atoms with van der Waals surface area (Å²) in [6.07, 6.45) is 0. The van der Waals surface area contributed by atoms with Crippen molar-refractivity contribution >= 4 is 21.9 Å². The van der Waals surface area contributed by atoms with Crippen molar-refractivity contribution in [1.29, 1.82) is 0 Å². The van der Waals surface area contributed by atoms with E-state index in [1.165, 1.54) is 39.3 Å². The number of rotatable bonds is 7. The van der Waals surface area contributed by atoms with Gasteiger partial charge in [-0.3, -0.25) is 9.59 Å². The lowest BCUT2D eigenvalue weighted by atomic mass is 10.1. The van der Waals surface area contributed by atoms with Crippen LogP contribution in [0.15, 0.2) is 23.1 Å². The molecule has 0 aromatic heterocycles. The van der Waals surface area contributed by atoms with Gasteiger partial charge >= 0.3 is 5.97 Å². The number of carboxylic acids is 1. The molecule has 0 aliphatic rings. The van der Waals surface area contributed by atoms with Crippen LogP contribution in [-0.2, 0) is 14.8 Å².